The van der Waals surface area contributed by atoms with Gasteiger partial charge in [-0.15, -0.1) is 0 Å². The third kappa shape index (κ3) is 3.71. The van der Waals surface area contributed by atoms with Gasteiger partial charge in [-0.3, -0.25) is 0 Å². The lowest BCUT2D eigenvalue weighted by Gasteiger charge is -2.40. The first kappa shape index (κ1) is 14.3. The summed E-state index contributed by atoms with van der Waals surface area (Å²) in [6.07, 6.45) is 10.5. The quantitative estimate of drug-likeness (QED) is 0.820. The molecule has 2 fully saturated rings. The predicted molar refractivity (Wildman–Crippen MR) is 76.8 cm³/mol. The lowest BCUT2D eigenvalue weighted by Crippen LogP contribution is -2.49. The molecule has 0 bridgehead atoms. The van der Waals surface area contributed by atoms with Crippen molar-refractivity contribution in [3.63, 3.8) is 0 Å². The Morgan fingerprint density at radius 2 is 1.78 bits per heavy atom. The molecule has 0 aromatic rings. The van der Waals surface area contributed by atoms with Gasteiger partial charge in [-0.1, -0.05) is 20.3 Å². The molecule has 1 saturated heterocycles. The van der Waals surface area contributed by atoms with Crippen molar-refractivity contribution in [2.45, 2.75) is 89.8 Å². The van der Waals surface area contributed by atoms with Crippen LogP contribution >= 0.6 is 0 Å². The van der Waals surface area contributed by atoms with Gasteiger partial charge in [-0.2, -0.15) is 0 Å². The van der Waals surface area contributed by atoms with E-state index >= 15 is 0 Å². The van der Waals surface area contributed by atoms with Crippen LogP contribution in [0, 0.1) is 5.92 Å². The van der Waals surface area contributed by atoms with E-state index in [1.54, 1.807) is 0 Å². The van der Waals surface area contributed by atoms with Crippen LogP contribution in [0.15, 0.2) is 0 Å². The molecule has 0 aromatic heterocycles. The fourth-order valence-corrected chi connectivity index (χ4v) is 3.59. The van der Waals surface area contributed by atoms with Gasteiger partial charge in [0, 0.05) is 18.7 Å². The second-order valence-corrected chi connectivity index (χ2v) is 6.63. The van der Waals surface area contributed by atoms with E-state index in [1.807, 2.05) is 0 Å². The summed E-state index contributed by atoms with van der Waals surface area (Å²) < 4.78 is 5.93. The van der Waals surface area contributed by atoms with Crippen LogP contribution in [0.4, 0.5) is 0 Å². The van der Waals surface area contributed by atoms with E-state index in [0.29, 0.717) is 6.04 Å². The molecular formula is C16H31NO. The van der Waals surface area contributed by atoms with E-state index in [2.05, 4.69) is 26.1 Å². The number of ether oxygens (including phenoxy) is 1. The molecule has 0 amide bonds. The normalized spacial score (nSPS) is 41.8. The number of rotatable bonds is 4. The van der Waals surface area contributed by atoms with Crippen molar-refractivity contribution in [3.05, 3.63) is 0 Å². The lowest BCUT2D eigenvalue weighted by molar-refractivity contribution is -0.0796. The largest absolute Gasteiger partial charge is 0.375 e. The van der Waals surface area contributed by atoms with E-state index in [1.165, 1.54) is 44.9 Å². The summed E-state index contributed by atoms with van der Waals surface area (Å²) >= 11 is 0. The maximum atomic E-state index is 5.93. The zero-order chi connectivity index (χ0) is 13.0. The average Bonchev–Trinajstić information content (AvgIpc) is 2.40. The van der Waals surface area contributed by atoms with Crippen LogP contribution in [-0.2, 0) is 4.74 Å². The maximum absolute atomic E-state index is 5.93. The first-order valence-corrected chi connectivity index (χ1v) is 8.05. The standard InChI is InChI=1S/C16H31NO/c1-4-13-6-8-14(9-7-13)17-15-10-11-18-16(3,5-2)12-15/h13-15,17H,4-12H2,1-3H3. The summed E-state index contributed by atoms with van der Waals surface area (Å²) in [7, 11) is 0. The molecule has 2 rings (SSSR count). The molecule has 18 heavy (non-hydrogen) atoms. The first-order valence-electron chi connectivity index (χ1n) is 8.05. The van der Waals surface area contributed by atoms with Crippen LogP contribution in [-0.4, -0.2) is 24.3 Å². The lowest BCUT2D eigenvalue weighted by atomic mass is 9.83. The molecule has 2 atom stereocenters. The number of hydrogen-bond acceptors (Lipinski definition) is 2. The molecule has 2 nitrogen and oxygen atoms in total. The highest BCUT2D eigenvalue weighted by atomic mass is 16.5. The summed E-state index contributed by atoms with van der Waals surface area (Å²) in [5, 5.41) is 3.91. The van der Waals surface area contributed by atoms with Crippen molar-refractivity contribution in [2.75, 3.05) is 6.61 Å². The Hall–Kier alpha value is -0.0800. The Bertz CT molecular complexity index is 247. The van der Waals surface area contributed by atoms with Gasteiger partial charge in [0.15, 0.2) is 0 Å². The van der Waals surface area contributed by atoms with Gasteiger partial charge in [0.1, 0.15) is 0 Å². The smallest absolute Gasteiger partial charge is 0.0666 e. The Balaban J connectivity index is 1.76. The first-order chi connectivity index (χ1) is 8.65. The predicted octanol–water partition coefficient (Wildman–Crippen LogP) is 3.89. The zero-order valence-corrected chi connectivity index (χ0v) is 12.5. The molecule has 1 aliphatic carbocycles. The Kier molecular flexibility index (Phi) is 5.08. The Morgan fingerprint density at radius 3 is 2.39 bits per heavy atom. The highest BCUT2D eigenvalue weighted by Crippen LogP contribution is 2.30. The van der Waals surface area contributed by atoms with Crippen molar-refractivity contribution >= 4 is 0 Å². The molecular weight excluding hydrogens is 222 g/mol. The second kappa shape index (κ2) is 6.38. The zero-order valence-electron chi connectivity index (χ0n) is 12.5. The topological polar surface area (TPSA) is 21.3 Å². The van der Waals surface area contributed by atoms with Gasteiger partial charge in [0.25, 0.3) is 0 Å². The van der Waals surface area contributed by atoms with Crippen molar-refractivity contribution < 1.29 is 4.74 Å². The van der Waals surface area contributed by atoms with Crippen LogP contribution < -0.4 is 5.32 Å². The molecule has 0 aromatic carbocycles. The van der Waals surface area contributed by atoms with Crippen LogP contribution in [0.1, 0.15) is 72.1 Å². The SMILES string of the molecule is CCC1CCC(NC2CCOC(C)(CC)C2)CC1. The minimum absolute atomic E-state index is 0.122. The minimum atomic E-state index is 0.122. The van der Waals surface area contributed by atoms with Crippen molar-refractivity contribution in [2.24, 2.45) is 5.92 Å². The van der Waals surface area contributed by atoms with Gasteiger partial charge in [0.2, 0.25) is 0 Å². The van der Waals surface area contributed by atoms with Crippen LogP contribution in [0.5, 0.6) is 0 Å². The highest BCUT2D eigenvalue weighted by Gasteiger charge is 2.33. The van der Waals surface area contributed by atoms with E-state index < -0.39 is 0 Å². The van der Waals surface area contributed by atoms with E-state index in [9.17, 15) is 0 Å². The summed E-state index contributed by atoms with van der Waals surface area (Å²) in [5.74, 6) is 0.999. The Labute approximate surface area is 113 Å². The van der Waals surface area contributed by atoms with Crippen LogP contribution in [0.3, 0.4) is 0 Å². The minimum Gasteiger partial charge on any atom is -0.375 e. The molecule has 1 aliphatic heterocycles. The van der Waals surface area contributed by atoms with E-state index in [-0.39, 0.29) is 5.60 Å². The van der Waals surface area contributed by atoms with Crippen LogP contribution in [0.25, 0.3) is 0 Å². The monoisotopic (exact) mass is 253 g/mol. The van der Waals surface area contributed by atoms with Gasteiger partial charge in [-0.25, -0.2) is 0 Å². The van der Waals surface area contributed by atoms with Crippen molar-refractivity contribution in [3.8, 4) is 0 Å². The summed E-state index contributed by atoms with van der Waals surface area (Å²) in [6, 6.07) is 1.46. The molecule has 1 heterocycles. The van der Waals surface area contributed by atoms with Crippen molar-refractivity contribution in [1.29, 1.82) is 0 Å². The fraction of sp³-hybridized carbons (Fsp3) is 1.00. The van der Waals surface area contributed by atoms with Gasteiger partial charge in [0.05, 0.1) is 5.60 Å². The molecule has 0 radical (unpaired) electrons. The third-order valence-corrected chi connectivity index (χ3v) is 5.24. The fourth-order valence-electron chi connectivity index (χ4n) is 3.59. The second-order valence-electron chi connectivity index (χ2n) is 6.63. The van der Waals surface area contributed by atoms with Gasteiger partial charge >= 0.3 is 0 Å². The van der Waals surface area contributed by atoms with Crippen LogP contribution in [0.2, 0.25) is 0 Å². The molecule has 0 spiro atoms. The number of hydrogen-bond donors (Lipinski definition) is 1. The van der Waals surface area contributed by atoms with E-state index in [4.69, 9.17) is 4.74 Å². The molecule has 2 unspecified atom stereocenters. The highest BCUT2D eigenvalue weighted by molar-refractivity contribution is 4.88. The van der Waals surface area contributed by atoms with Gasteiger partial charge < -0.3 is 10.1 Å². The third-order valence-electron chi connectivity index (χ3n) is 5.24. The summed E-state index contributed by atoms with van der Waals surface area (Å²) in [5.41, 5.74) is 0.122. The molecule has 1 N–H and O–H groups in total. The summed E-state index contributed by atoms with van der Waals surface area (Å²) in [6.45, 7) is 7.79. The maximum Gasteiger partial charge on any atom is 0.0666 e. The van der Waals surface area contributed by atoms with Crippen molar-refractivity contribution in [1.82, 2.24) is 5.32 Å². The Morgan fingerprint density at radius 1 is 1.06 bits per heavy atom. The van der Waals surface area contributed by atoms with Gasteiger partial charge in [-0.05, 0) is 57.8 Å². The molecule has 2 heteroatoms. The number of nitrogens with one attached hydrogen (secondary N) is 1. The average molecular weight is 253 g/mol. The molecule has 106 valence electrons. The molecule has 2 aliphatic rings. The summed E-state index contributed by atoms with van der Waals surface area (Å²) in [4.78, 5) is 0. The van der Waals surface area contributed by atoms with E-state index in [0.717, 1.165) is 25.0 Å². The molecule has 1 saturated carbocycles.